The van der Waals surface area contributed by atoms with Crippen molar-refractivity contribution in [2.75, 3.05) is 61.1 Å². The predicted molar refractivity (Wildman–Crippen MR) is 70.1 cm³/mol. The number of likely N-dealkylation sites (N-methyl/N-ethyl adjacent to an activating group) is 1. The molecular weight excluding hydrogens is 236 g/mol. The molecule has 0 radical (unpaired) electrons. The van der Waals surface area contributed by atoms with E-state index < -0.39 is 8.80 Å². The summed E-state index contributed by atoms with van der Waals surface area (Å²) in [6.07, 6.45) is 0. The molecule has 1 fully saturated rings. The molecular formula is C11H26N2O3Si. The van der Waals surface area contributed by atoms with Crippen LogP contribution in [0.4, 0.5) is 0 Å². The average Bonchev–Trinajstić information content (AvgIpc) is 2.35. The largest absolute Gasteiger partial charge is 0.504 e. The lowest BCUT2D eigenvalue weighted by Gasteiger charge is -2.37. The maximum Gasteiger partial charge on any atom is 0.504 e. The van der Waals surface area contributed by atoms with Gasteiger partial charge in [0, 0.05) is 59.6 Å². The summed E-state index contributed by atoms with van der Waals surface area (Å²) in [6.45, 7) is 7.63. The summed E-state index contributed by atoms with van der Waals surface area (Å²) in [7, 11) is 4.73. The zero-order valence-corrected chi connectivity index (χ0v) is 12.7. The van der Waals surface area contributed by atoms with Crippen LogP contribution in [0, 0.1) is 0 Å². The van der Waals surface area contributed by atoms with Gasteiger partial charge in [-0.15, -0.1) is 0 Å². The molecule has 1 aliphatic heterocycles. The third kappa shape index (κ3) is 3.74. The molecule has 0 aromatic carbocycles. The van der Waals surface area contributed by atoms with E-state index in [1.165, 1.54) is 0 Å². The Morgan fingerprint density at radius 1 is 1.00 bits per heavy atom. The summed E-state index contributed by atoms with van der Waals surface area (Å²) in [4.78, 5) is 4.82. The van der Waals surface area contributed by atoms with Gasteiger partial charge in [0.15, 0.2) is 0 Å². The Kier molecular flexibility index (Phi) is 6.05. The number of hydrogen-bond acceptors (Lipinski definition) is 5. The zero-order chi connectivity index (χ0) is 12.9. The zero-order valence-electron chi connectivity index (χ0n) is 11.7. The van der Waals surface area contributed by atoms with Crippen LogP contribution in [0.3, 0.4) is 0 Å². The maximum atomic E-state index is 5.52. The van der Waals surface area contributed by atoms with Gasteiger partial charge in [-0.25, -0.2) is 0 Å². The number of piperazine rings is 1. The monoisotopic (exact) mass is 262 g/mol. The Morgan fingerprint density at radius 3 is 1.88 bits per heavy atom. The smallest absolute Gasteiger partial charge is 0.377 e. The fraction of sp³-hybridized carbons (Fsp3) is 1.00. The van der Waals surface area contributed by atoms with Gasteiger partial charge in [0.1, 0.15) is 0 Å². The van der Waals surface area contributed by atoms with E-state index in [2.05, 4.69) is 23.8 Å². The van der Waals surface area contributed by atoms with Crippen LogP contribution < -0.4 is 0 Å². The third-order valence-electron chi connectivity index (χ3n) is 3.59. The maximum absolute atomic E-state index is 5.52. The number of rotatable bonds is 6. The first-order chi connectivity index (χ1) is 8.07. The van der Waals surface area contributed by atoms with E-state index >= 15 is 0 Å². The average molecular weight is 262 g/mol. The molecule has 1 heterocycles. The van der Waals surface area contributed by atoms with Crippen molar-refractivity contribution >= 4 is 8.80 Å². The van der Waals surface area contributed by atoms with E-state index in [4.69, 9.17) is 13.3 Å². The summed E-state index contributed by atoms with van der Waals surface area (Å²) in [6, 6.07) is 0. The number of hydrogen-bond donors (Lipinski definition) is 0. The summed E-state index contributed by atoms with van der Waals surface area (Å²) in [5.74, 6) is 0. The quantitative estimate of drug-likeness (QED) is 0.651. The molecule has 1 saturated heterocycles. The molecule has 1 aliphatic rings. The molecule has 6 heteroatoms. The van der Waals surface area contributed by atoms with Gasteiger partial charge in [0.2, 0.25) is 0 Å². The highest BCUT2D eigenvalue weighted by molar-refractivity contribution is 6.62. The molecule has 1 atom stereocenters. The highest BCUT2D eigenvalue weighted by atomic mass is 28.4. The van der Waals surface area contributed by atoms with Crippen LogP contribution in [0.1, 0.15) is 6.92 Å². The van der Waals surface area contributed by atoms with E-state index in [1.54, 1.807) is 21.3 Å². The molecule has 0 amide bonds. The molecule has 0 saturated carbocycles. The minimum absolute atomic E-state index is 0.297. The highest BCUT2D eigenvalue weighted by Crippen LogP contribution is 2.24. The second-order valence-electron chi connectivity index (χ2n) is 4.72. The van der Waals surface area contributed by atoms with Crippen molar-refractivity contribution in [3.8, 4) is 0 Å². The molecule has 5 nitrogen and oxygen atoms in total. The standard InChI is InChI=1S/C11H26N2O3Si/c1-11(17(14-3,15-4)16-5)10-13-8-6-12(2)7-9-13/h11H,6-10H2,1-5H3. The van der Waals surface area contributed by atoms with Gasteiger partial charge < -0.3 is 23.1 Å². The van der Waals surface area contributed by atoms with Crippen LogP contribution in [-0.4, -0.2) is 79.7 Å². The molecule has 0 aliphatic carbocycles. The second kappa shape index (κ2) is 6.82. The molecule has 0 bridgehead atoms. The molecule has 17 heavy (non-hydrogen) atoms. The van der Waals surface area contributed by atoms with Crippen molar-refractivity contribution in [3.63, 3.8) is 0 Å². The van der Waals surface area contributed by atoms with Crippen LogP contribution in [-0.2, 0) is 13.3 Å². The summed E-state index contributed by atoms with van der Waals surface area (Å²) < 4.78 is 16.6. The van der Waals surface area contributed by atoms with Crippen molar-refractivity contribution in [2.24, 2.45) is 0 Å². The molecule has 0 aromatic heterocycles. The second-order valence-corrected chi connectivity index (χ2v) is 8.14. The van der Waals surface area contributed by atoms with Crippen molar-refractivity contribution in [1.82, 2.24) is 9.80 Å². The Morgan fingerprint density at radius 2 is 1.47 bits per heavy atom. The minimum Gasteiger partial charge on any atom is -0.377 e. The number of nitrogens with zero attached hydrogens (tertiary/aromatic N) is 2. The van der Waals surface area contributed by atoms with Crippen molar-refractivity contribution in [2.45, 2.75) is 12.5 Å². The Bertz CT molecular complexity index is 210. The minimum atomic E-state index is -2.48. The first-order valence-electron chi connectivity index (χ1n) is 6.14. The summed E-state index contributed by atoms with van der Waals surface area (Å²) in [5, 5.41) is 0. The lowest BCUT2D eigenvalue weighted by molar-refractivity contribution is 0.0956. The van der Waals surface area contributed by atoms with Crippen LogP contribution >= 0.6 is 0 Å². The highest BCUT2D eigenvalue weighted by Gasteiger charge is 2.45. The molecule has 1 unspecified atom stereocenters. The van der Waals surface area contributed by atoms with E-state index in [0.717, 1.165) is 32.7 Å². The van der Waals surface area contributed by atoms with Gasteiger partial charge in [-0.3, -0.25) is 0 Å². The normalized spacial score (nSPS) is 21.7. The van der Waals surface area contributed by atoms with Crippen LogP contribution in [0.5, 0.6) is 0 Å². The lowest BCUT2D eigenvalue weighted by Crippen LogP contribution is -2.52. The predicted octanol–water partition coefficient (Wildman–Crippen LogP) is 0.502. The van der Waals surface area contributed by atoms with Crippen LogP contribution in [0.15, 0.2) is 0 Å². The van der Waals surface area contributed by atoms with E-state index in [1.807, 2.05) is 0 Å². The molecule has 1 rings (SSSR count). The first kappa shape index (κ1) is 15.1. The molecule has 0 aromatic rings. The molecule has 0 spiro atoms. The van der Waals surface area contributed by atoms with Gasteiger partial charge in [-0.1, -0.05) is 6.92 Å². The van der Waals surface area contributed by atoms with Crippen molar-refractivity contribution < 1.29 is 13.3 Å². The van der Waals surface area contributed by atoms with E-state index in [0.29, 0.717) is 5.54 Å². The Balaban J connectivity index is 2.49. The Hall–Kier alpha value is 0.0169. The van der Waals surface area contributed by atoms with E-state index in [-0.39, 0.29) is 0 Å². The lowest BCUT2D eigenvalue weighted by atomic mass is 10.3. The first-order valence-corrected chi connectivity index (χ1v) is 7.94. The summed E-state index contributed by atoms with van der Waals surface area (Å²) >= 11 is 0. The van der Waals surface area contributed by atoms with Crippen LogP contribution in [0.2, 0.25) is 5.54 Å². The van der Waals surface area contributed by atoms with E-state index in [9.17, 15) is 0 Å². The Labute approximate surface area is 106 Å². The van der Waals surface area contributed by atoms with Gasteiger partial charge in [-0.05, 0) is 7.05 Å². The van der Waals surface area contributed by atoms with Gasteiger partial charge in [-0.2, -0.15) is 0 Å². The van der Waals surface area contributed by atoms with Crippen molar-refractivity contribution in [1.29, 1.82) is 0 Å². The van der Waals surface area contributed by atoms with Gasteiger partial charge >= 0.3 is 8.80 Å². The third-order valence-corrected chi connectivity index (χ3v) is 6.68. The topological polar surface area (TPSA) is 34.2 Å². The molecule has 102 valence electrons. The fourth-order valence-corrected chi connectivity index (χ4v) is 4.57. The van der Waals surface area contributed by atoms with Gasteiger partial charge in [0.25, 0.3) is 0 Å². The molecule has 0 N–H and O–H groups in total. The van der Waals surface area contributed by atoms with Gasteiger partial charge in [0.05, 0.1) is 0 Å². The fourth-order valence-electron chi connectivity index (χ4n) is 2.38. The SMILES string of the molecule is CO[Si](OC)(OC)C(C)CN1CCN(C)CC1. The summed E-state index contributed by atoms with van der Waals surface area (Å²) in [5.41, 5.74) is 0.297. The van der Waals surface area contributed by atoms with Crippen LogP contribution in [0.25, 0.3) is 0 Å². The van der Waals surface area contributed by atoms with Crippen molar-refractivity contribution in [3.05, 3.63) is 0 Å².